The third-order valence-corrected chi connectivity index (χ3v) is 2.19. The predicted octanol–water partition coefficient (Wildman–Crippen LogP) is 3.35. The highest BCUT2D eigenvalue weighted by atomic mass is 19.1. The average molecular weight is 191 g/mol. The molecule has 0 aromatic heterocycles. The normalized spacial score (nSPS) is 27.0. The van der Waals surface area contributed by atoms with Gasteiger partial charge in [-0.25, -0.2) is 0 Å². The summed E-state index contributed by atoms with van der Waals surface area (Å²) in [7, 11) is 2.06. The molecule has 0 radical (unpaired) electrons. The highest BCUT2D eigenvalue weighted by Gasteiger charge is 2.25. The van der Waals surface area contributed by atoms with Gasteiger partial charge in [-0.3, -0.25) is 4.39 Å². The minimum Gasteiger partial charge on any atom is -0.303 e. The minimum atomic E-state index is -0.144. The van der Waals surface area contributed by atoms with Gasteiger partial charge >= 0.3 is 0 Å². The average Bonchev–Trinajstić information content (AvgIpc) is 2.53. The summed E-state index contributed by atoms with van der Waals surface area (Å²) < 4.78 is 12.0. The molecule has 1 heterocycles. The van der Waals surface area contributed by atoms with Crippen LogP contribution in [0.2, 0.25) is 0 Å². The SMILES string of the molecule is CC.CC.CC1CC(CF)CN1C. The van der Waals surface area contributed by atoms with Crippen LogP contribution in [-0.2, 0) is 0 Å². The van der Waals surface area contributed by atoms with Gasteiger partial charge in [0.1, 0.15) is 0 Å². The van der Waals surface area contributed by atoms with Gasteiger partial charge in [0.2, 0.25) is 0 Å². The van der Waals surface area contributed by atoms with E-state index in [9.17, 15) is 4.39 Å². The van der Waals surface area contributed by atoms with E-state index in [2.05, 4.69) is 18.9 Å². The molecule has 13 heavy (non-hydrogen) atoms. The van der Waals surface area contributed by atoms with Gasteiger partial charge in [-0.15, -0.1) is 0 Å². The molecule has 1 aliphatic rings. The summed E-state index contributed by atoms with van der Waals surface area (Å²) in [6.45, 7) is 10.9. The number of rotatable bonds is 1. The molecule has 1 saturated heterocycles. The lowest BCUT2D eigenvalue weighted by atomic mass is 10.1. The Balaban J connectivity index is 0. The van der Waals surface area contributed by atoms with E-state index in [0.29, 0.717) is 12.0 Å². The molecule has 2 atom stereocenters. The molecule has 2 heteroatoms. The number of likely N-dealkylation sites (tertiary alicyclic amines) is 1. The first-order valence-electron chi connectivity index (χ1n) is 5.50. The summed E-state index contributed by atoms with van der Waals surface area (Å²) in [5.41, 5.74) is 0. The monoisotopic (exact) mass is 191 g/mol. The van der Waals surface area contributed by atoms with Crippen LogP contribution in [0.5, 0.6) is 0 Å². The van der Waals surface area contributed by atoms with Crippen LogP contribution >= 0.6 is 0 Å². The molecular formula is C11H26FN. The first kappa shape index (κ1) is 15.4. The van der Waals surface area contributed by atoms with E-state index in [0.717, 1.165) is 13.0 Å². The van der Waals surface area contributed by atoms with Crippen LogP contribution < -0.4 is 0 Å². The Bertz CT molecular complexity index is 86.1. The summed E-state index contributed by atoms with van der Waals surface area (Å²) >= 11 is 0. The smallest absolute Gasteiger partial charge is 0.0935 e. The van der Waals surface area contributed by atoms with Crippen LogP contribution in [0.3, 0.4) is 0 Å². The fraction of sp³-hybridized carbons (Fsp3) is 1.00. The van der Waals surface area contributed by atoms with Gasteiger partial charge in [0.15, 0.2) is 0 Å². The zero-order chi connectivity index (χ0) is 10.9. The van der Waals surface area contributed by atoms with E-state index < -0.39 is 0 Å². The third-order valence-electron chi connectivity index (χ3n) is 2.19. The van der Waals surface area contributed by atoms with E-state index in [1.165, 1.54) is 0 Å². The van der Waals surface area contributed by atoms with Crippen molar-refractivity contribution in [3.05, 3.63) is 0 Å². The van der Waals surface area contributed by atoms with E-state index in [1.54, 1.807) is 0 Å². The largest absolute Gasteiger partial charge is 0.303 e. The fourth-order valence-electron chi connectivity index (χ4n) is 1.44. The van der Waals surface area contributed by atoms with E-state index in [1.807, 2.05) is 27.7 Å². The maximum Gasteiger partial charge on any atom is 0.0935 e. The zero-order valence-electron chi connectivity index (χ0n) is 10.1. The van der Waals surface area contributed by atoms with Crippen molar-refractivity contribution < 1.29 is 4.39 Å². The second-order valence-electron chi connectivity index (χ2n) is 3.04. The lowest BCUT2D eigenvalue weighted by Crippen LogP contribution is -2.21. The molecule has 2 unspecified atom stereocenters. The Morgan fingerprint density at radius 2 is 1.69 bits per heavy atom. The standard InChI is InChI=1S/C7H14FN.2C2H6/c1-6-3-7(4-8)5-9(6)2;2*1-2/h6-7H,3-5H2,1-2H3;2*1-2H3. The lowest BCUT2D eigenvalue weighted by molar-refractivity contribution is 0.314. The predicted molar refractivity (Wildman–Crippen MR) is 58.9 cm³/mol. The topological polar surface area (TPSA) is 3.24 Å². The first-order valence-corrected chi connectivity index (χ1v) is 5.50. The first-order chi connectivity index (χ1) is 6.24. The lowest BCUT2D eigenvalue weighted by Gasteiger charge is -2.12. The van der Waals surface area contributed by atoms with Crippen LogP contribution in [-0.4, -0.2) is 31.2 Å². The van der Waals surface area contributed by atoms with Gasteiger partial charge in [-0.1, -0.05) is 27.7 Å². The Morgan fingerprint density at radius 1 is 1.23 bits per heavy atom. The number of alkyl halides is 1. The maximum atomic E-state index is 12.0. The second-order valence-corrected chi connectivity index (χ2v) is 3.04. The molecule has 0 bridgehead atoms. The van der Waals surface area contributed by atoms with Crippen molar-refractivity contribution in [2.24, 2.45) is 5.92 Å². The fourth-order valence-corrected chi connectivity index (χ4v) is 1.44. The molecule has 0 aromatic rings. The van der Waals surface area contributed by atoms with Crippen LogP contribution in [0.25, 0.3) is 0 Å². The van der Waals surface area contributed by atoms with Gasteiger partial charge in [0, 0.05) is 18.5 Å². The van der Waals surface area contributed by atoms with Crippen molar-refractivity contribution in [1.29, 1.82) is 0 Å². The van der Waals surface area contributed by atoms with E-state index in [-0.39, 0.29) is 6.67 Å². The molecule has 1 aliphatic heterocycles. The summed E-state index contributed by atoms with van der Waals surface area (Å²) in [6.07, 6.45) is 1.03. The minimum absolute atomic E-state index is 0.144. The molecule has 0 aromatic carbocycles. The van der Waals surface area contributed by atoms with Gasteiger partial charge < -0.3 is 4.90 Å². The van der Waals surface area contributed by atoms with Crippen LogP contribution in [0.4, 0.5) is 4.39 Å². The number of hydrogen-bond donors (Lipinski definition) is 0. The van der Waals surface area contributed by atoms with Gasteiger partial charge in [-0.05, 0) is 20.4 Å². The molecule has 0 aliphatic carbocycles. The molecule has 1 fully saturated rings. The van der Waals surface area contributed by atoms with Crippen molar-refractivity contribution in [2.75, 3.05) is 20.3 Å². The second kappa shape index (κ2) is 9.97. The maximum absolute atomic E-state index is 12.0. The summed E-state index contributed by atoms with van der Waals surface area (Å²) in [5, 5.41) is 0. The molecule has 0 spiro atoms. The molecule has 1 rings (SSSR count). The number of hydrogen-bond acceptors (Lipinski definition) is 1. The van der Waals surface area contributed by atoms with Gasteiger partial charge in [-0.2, -0.15) is 0 Å². The molecule has 0 N–H and O–H groups in total. The van der Waals surface area contributed by atoms with Crippen LogP contribution in [0.1, 0.15) is 41.0 Å². The van der Waals surface area contributed by atoms with Crippen LogP contribution in [0.15, 0.2) is 0 Å². The Morgan fingerprint density at radius 3 is 1.85 bits per heavy atom. The highest BCUT2D eigenvalue weighted by molar-refractivity contribution is 4.79. The Hall–Kier alpha value is -0.110. The summed E-state index contributed by atoms with van der Waals surface area (Å²) in [4.78, 5) is 2.21. The Labute approximate surface area is 83.3 Å². The van der Waals surface area contributed by atoms with E-state index in [4.69, 9.17) is 0 Å². The summed E-state index contributed by atoms with van der Waals surface area (Å²) in [6, 6.07) is 0.589. The molecule has 1 nitrogen and oxygen atoms in total. The molecule has 0 saturated carbocycles. The third kappa shape index (κ3) is 6.03. The van der Waals surface area contributed by atoms with Crippen molar-refractivity contribution in [2.45, 2.75) is 47.1 Å². The Kier molecular flexibility index (Phi) is 11.8. The molecular weight excluding hydrogens is 165 g/mol. The number of halogens is 1. The van der Waals surface area contributed by atoms with Crippen LogP contribution in [0, 0.1) is 5.92 Å². The number of nitrogens with zero attached hydrogens (tertiary/aromatic N) is 1. The van der Waals surface area contributed by atoms with Crippen molar-refractivity contribution >= 4 is 0 Å². The zero-order valence-corrected chi connectivity index (χ0v) is 10.1. The summed E-state index contributed by atoms with van der Waals surface area (Å²) in [5.74, 6) is 0.310. The van der Waals surface area contributed by atoms with Gasteiger partial charge in [0.05, 0.1) is 6.67 Å². The van der Waals surface area contributed by atoms with Gasteiger partial charge in [0.25, 0.3) is 0 Å². The highest BCUT2D eigenvalue weighted by Crippen LogP contribution is 2.20. The molecule has 0 amide bonds. The molecule has 82 valence electrons. The van der Waals surface area contributed by atoms with E-state index >= 15 is 0 Å². The van der Waals surface area contributed by atoms with Crippen molar-refractivity contribution in [1.82, 2.24) is 4.90 Å². The van der Waals surface area contributed by atoms with Crippen molar-refractivity contribution in [3.63, 3.8) is 0 Å². The quantitative estimate of drug-likeness (QED) is 0.614. The van der Waals surface area contributed by atoms with Crippen molar-refractivity contribution in [3.8, 4) is 0 Å².